The summed E-state index contributed by atoms with van der Waals surface area (Å²) in [5, 5.41) is 5.22. The topological polar surface area (TPSA) is 47.4 Å². The summed E-state index contributed by atoms with van der Waals surface area (Å²) in [7, 11) is 0. The van der Waals surface area contributed by atoms with E-state index in [1.54, 1.807) is 17.1 Å². The number of carbonyl (C=O) groups excluding carboxylic acids is 1. The third-order valence-corrected chi connectivity index (χ3v) is 4.46. The SMILES string of the molecule is CC(C(=O)N1CCOCC1)c1ccc(-n2cc(Cl)cn2)c(Cl)c1. The number of hydrogen-bond donors (Lipinski definition) is 0. The van der Waals surface area contributed by atoms with E-state index in [1.165, 1.54) is 0 Å². The second-order valence-electron chi connectivity index (χ2n) is 5.47. The van der Waals surface area contributed by atoms with E-state index in [-0.39, 0.29) is 11.8 Å². The predicted octanol–water partition coefficient (Wildman–Crippen LogP) is 3.14. The molecule has 3 rings (SSSR count). The van der Waals surface area contributed by atoms with Crippen molar-refractivity contribution in [1.29, 1.82) is 0 Å². The highest BCUT2D eigenvalue weighted by molar-refractivity contribution is 6.32. The van der Waals surface area contributed by atoms with Crippen LogP contribution in [0.3, 0.4) is 0 Å². The van der Waals surface area contributed by atoms with Crippen molar-refractivity contribution in [2.45, 2.75) is 12.8 Å². The zero-order chi connectivity index (χ0) is 16.4. The first-order valence-electron chi connectivity index (χ1n) is 7.43. The van der Waals surface area contributed by atoms with Crippen LogP contribution in [0.5, 0.6) is 0 Å². The van der Waals surface area contributed by atoms with Crippen molar-refractivity contribution >= 4 is 29.1 Å². The average Bonchev–Trinajstić information content (AvgIpc) is 3.00. The fourth-order valence-corrected chi connectivity index (χ4v) is 3.02. The van der Waals surface area contributed by atoms with Crippen LogP contribution in [0.4, 0.5) is 0 Å². The normalized spacial score (nSPS) is 16.4. The second-order valence-corrected chi connectivity index (χ2v) is 6.32. The molecule has 1 saturated heterocycles. The Morgan fingerprint density at radius 2 is 2.04 bits per heavy atom. The molecular weight excluding hydrogens is 337 g/mol. The minimum absolute atomic E-state index is 0.0965. The summed E-state index contributed by atoms with van der Waals surface area (Å²) in [6.07, 6.45) is 3.24. The van der Waals surface area contributed by atoms with Crippen molar-refractivity contribution in [2.75, 3.05) is 26.3 Å². The molecule has 1 fully saturated rings. The number of carbonyl (C=O) groups is 1. The molecule has 0 aliphatic carbocycles. The monoisotopic (exact) mass is 353 g/mol. The van der Waals surface area contributed by atoms with Crippen LogP contribution in [0.1, 0.15) is 18.4 Å². The first-order chi connectivity index (χ1) is 11.1. The molecule has 7 heteroatoms. The van der Waals surface area contributed by atoms with Crippen LogP contribution < -0.4 is 0 Å². The van der Waals surface area contributed by atoms with Crippen LogP contribution in [0.25, 0.3) is 5.69 Å². The predicted molar refractivity (Wildman–Crippen MR) is 89.4 cm³/mol. The van der Waals surface area contributed by atoms with E-state index in [2.05, 4.69) is 5.10 Å². The molecule has 122 valence electrons. The summed E-state index contributed by atoms with van der Waals surface area (Å²) in [4.78, 5) is 14.4. The summed E-state index contributed by atoms with van der Waals surface area (Å²) >= 11 is 12.2. The van der Waals surface area contributed by atoms with Gasteiger partial charge in [-0.05, 0) is 24.6 Å². The third-order valence-electron chi connectivity index (χ3n) is 3.96. The quantitative estimate of drug-likeness (QED) is 0.851. The summed E-state index contributed by atoms with van der Waals surface area (Å²) in [5.41, 5.74) is 1.61. The number of rotatable bonds is 3. The highest BCUT2D eigenvalue weighted by Gasteiger charge is 2.24. The minimum Gasteiger partial charge on any atom is -0.378 e. The molecule has 1 aliphatic rings. The Bertz CT molecular complexity index is 711. The first-order valence-corrected chi connectivity index (χ1v) is 8.18. The summed E-state index contributed by atoms with van der Waals surface area (Å²) in [6, 6.07) is 5.57. The van der Waals surface area contributed by atoms with Crippen LogP contribution >= 0.6 is 23.2 Å². The highest BCUT2D eigenvalue weighted by Crippen LogP contribution is 2.27. The third kappa shape index (κ3) is 3.52. The molecule has 2 heterocycles. The molecule has 0 radical (unpaired) electrons. The standard InChI is InChI=1S/C16H17Cl2N3O2/c1-11(16(22)20-4-6-23-7-5-20)12-2-3-15(14(18)8-12)21-10-13(17)9-19-21/h2-3,8-11H,4-7H2,1H3. The zero-order valence-electron chi connectivity index (χ0n) is 12.7. The van der Waals surface area contributed by atoms with Crippen molar-refractivity contribution in [3.63, 3.8) is 0 Å². The number of morpholine rings is 1. The van der Waals surface area contributed by atoms with E-state index in [0.717, 1.165) is 11.3 Å². The first kappa shape index (κ1) is 16.3. The molecule has 0 saturated carbocycles. The molecule has 0 bridgehead atoms. The van der Waals surface area contributed by atoms with Crippen LogP contribution in [0.15, 0.2) is 30.6 Å². The van der Waals surface area contributed by atoms with Crippen molar-refractivity contribution in [3.05, 3.63) is 46.2 Å². The lowest BCUT2D eigenvalue weighted by molar-refractivity contribution is -0.136. The van der Waals surface area contributed by atoms with Gasteiger partial charge < -0.3 is 9.64 Å². The maximum absolute atomic E-state index is 12.6. The van der Waals surface area contributed by atoms with E-state index < -0.39 is 0 Å². The molecule has 2 aromatic rings. The Morgan fingerprint density at radius 1 is 1.30 bits per heavy atom. The minimum atomic E-state index is -0.249. The van der Waals surface area contributed by atoms with E-state index >= 15 is 0 Å². The fraction of sp³-hybridized carbons (Fsp3) is 0.375. The van der Waals surface area contributed by atoms with Crippen molar-refractivity contribution < 1.29 is 9.53 Å². The van der Waals surface area contributed by atoms with Gasteiger partial charge in [0.2, 0.25) is 5.91 Å². The average molecular weight is 354 g/mol. The molecule has 1 amide bonds. The van der Waals surface area contributed by atoms with Gasteiger partial charge in [0.15, 0.2) is 0 Å². The van der Waals surface area contributed by atoms with Crippen molar-refractivity contribution in [3.8, 4) is 5.69 Å². The Balaban J connectivity index is 1.80. The van der Waals surface area contributed by atoms with Crippen molar-refractivity contribution in [2.24, 2.45) is 0 Å². The van der Waals surface area contributed by atoms with Gasteiger partial charge in [-0.1, -0.05) is 29.3 Å². The lowest BCUT2D eigenvalue weighted by Gasteiger charge is -2.29. The molecular formula is C16H17Cl2N3O2. The number of ether oxygens (including phenoxy) is 1. The Kier molecular flexibility index (Phi) is 4.90. The Morgan fingerprint density at radius 3 is 2.65 bits per heavy atom. The van der Waals surface area contributed by atoms with Crippen molar-refractivity contribution in [1.82, 2.24) is 14.7 Å². The number of amides is 1. The number of nitrogens with zero attached hydrogens (tertiary/aromatic N) is 3. The second kappa shape index (κ2) is 6.91. The molecule has 1 atom stereocenters. The van der Waals surface area contributed by atoms with Crippen LogP contribution in [0, 0.1) is 0 Å². The van der Waals surface area contributed by atoms with Gasteiger partial charge in [-0.3, -0.25) is 4.79 Å². The van der Waals surface area contributed by atoms with Gasteiger partial charge in [0.1, 0.15) is 0 Å². The summed E-state index contributed by atoms with van der Waals surface area (Å²) in [6.45, 7) is 4.37. The maximum Gasteiger partial charge on any atom is 0.229 e. The van der Waals surface area contributed by atoms with E-state index in [4.69, 9.17) is 27.9 Å². The molecule has 23 heavy (non-hydrogen) atoms. The number of halogens is 2. The van der Waals surface area contributed by atoms with Gasteiger partial charge in [-0.15, -0.1) is 0 Å². The summed E-state index contributed by atoms with van der Waals surface area (Å²) < 4.78 is 6.90. The smallest absolute Gasteiger partial charge is 0.229 e. The van der Waals surface area contributed by atoms with Gasteiger partial charge in [0.25, 0.3) is 0 Å². The molecule has 1 aliphatic heterocycles. The molecule has 1 aromatic heterocycles. The van der Waals surface area contributed by atoms with E-state index in [0.29, 0.717) is 36.3 Å². The number of aromatic nitrogens is 2. The Labute approximate surface area is 144 Å². The van der Waals surface area contributed by atoms with Crippen LogP contribution in [-0.2, 0) is 9.53 Å². The largest absolute Gasteiger partial charge is 0.378 e. The fourth-order valence-electron chi connectivity index (χ4n) is 2.61. The van der Waals surface area contributed by atoms with Crippen LogP contribution in [0.2, 0.25) is 10.0 Å². The lowest BCUT2D eigenvalue weighted by Crippen LogP contribution is -2.42. The van der Waals surface area contributed by atoms with Gasteiger partial charge >= 0.3 is 0 Å². The highest BCUT2D eigenvalue weighted by atomic mass is 35.5. The molecule has 1 aromatic carbocycles. The zero-order valence-corrected chi connectivity index (χ0v) is 14.2. The van der Waals surface area contributed by atoms with Gasteiger partial charge in [-0.25, -0.2) is 4.68 Å². The van der Waals surface area contributed by atoms with Crippen LogP contribution in [-0.4, -0.2) is 46.9 Å². The molecule has 1 unspecified atom stereocenters. The van der Waals surface area contributed by atoms with Gasteiger partial charge in [-0.2, -0.15) is 5.10 Å². The van der Waals surface area contributed by atoms with Gasteiger partial charge in [0, 0.05) is 19.3 Å². The van der Waals surface area contributed by atoms with E-state index in [9.17, 15) is 4.79 Å². The number of benzene rings is 1. The lowest BCUT2D eigenvalue weighted by atomic mass is 9.99. The molecule has 0 N–H and O–H groups in total. The summed E-state index contributed by atoms with van der Waals surface area (Å²) in [5.74, 6) is -0.153. The molecule has 0 spiro atoms. The molecule has 5 nitrogen and oxygen atoms in total. The van der Waals surface area contributed by atoms with Gasteiger partial charge in [0.05, 0.1) is 41.1 Å². The van der Waals surface area contributed by atoms with E-state index in [1.807, 2.05) is 30.0 Å². The maximum atomic E-state index is 12.6. The number of hydrogen-bond acceptors (Lipinski definition) is 3. The Hall–Kier alpha value is -1.56.